The van der Waals surface area contributed by atoms with Gasteiger partial charge in [-0.2, -0.15) is 5.10 Å². The van der Waals surface area contributed by atoms with Crippen molar-refractivity contribution in [1.29, 1.82) is 0 Å². The summed E-state index contributed by atoms with van der Waals surface area (Å²) in [5, 5.41) is 18.1. The van der Waals surface area contributed by atoms with Gasteiger partial charge in [-0.3, -0.25) is 15.2 Å². The Balaban J connectivity index is 1.40. The minimum absolute atomic E-state index is 0.184. The minimum Gasteiger partial charge on any atom is -0.497 e. The summed E-state index contributed by atoms with van der Waals surface area (Å²) in [7, 11) is 1.59. The van der Waals surface area contributed by atoms with E-state index in [-0.39, 0.29) is 17.5 Å². The molecular weight excluding hydrogens is 573 g/mol. The largest absolute Gasteiger partial charge is 0.573 e. The van der Waals surface area contributed by atoms with E-state index in [9.17, 15) is 18.0 Å². The van der Waals surface area contributed by atoms with Gasteiger partial charge in [0.1, 0.15) is 17.8 Å². The van der Waals surface area contributed by atoms with Crippen LogP contribution in [0.4, 0.5) is 13.2 Å². The van der Waals surface area contributed by atoms with Crippen molar-refractivity contribution in [2.24, 2.45) is 10.1 Å². The Bertz CT molecular complexity index is 1540. The number of halogens is 3. The molecule has 1 aromatic heterocycles. The first kappa shape index (κ1) is 30.1. The standard InChI is InChI=1S/C28H25F3N6O4S/c1-18(20-7-11-23(40-2)12-8-20)34-27(42-16-25(38)39)35-33-15-19-3-5-21(6-4-19)26-32-17-37(36-26)22-9-13-24(14-10-22)41-28(29,30)31/h3-15,17-18H,16H2,1-2H3,(H,34,35)(H,38,39). The molecule has 0 spiro atoms. The highest BCUT2D eigenvalue weighted by Gasteiger charge is 2.31. The maximum absolute atomic E-state index is 12.4. The fraction of sp³-hybridized carbons (Fsp3) is 0.179. The third-order valence-electron chi connectivity index (χ3n) is 5.61. The molecular formula is C28H25F3N6O4S. The van der Waals surface area contributed by atoms with E-state index in [1.807, 2.05) is 31.2 Å². The number of hydrogen-bond acceptors (Lipinski definition) is 8. The van der Waals surface area contributed by atoms with Crippen LogP contribution in [0.2, 0.25) is 0 Å². The quantitative estimate of drug-likeness (QED) is 0.135. The lowest BCUT2D eigenvalue weighted by atomic mass is 10.1. The van der Waals surface area contributed by atoms with Crippen LogP contribution in [0.3, 0.4) is 0 Å². The van der Waals surface area contributed by atoms with Crippen LogP contribution in [0, 0.1) is 0 Å². The van der Waals surface area contributed by atoms with Crippen LogP contribution in [0.25, 0.3) is 17.1 Å². The number of hydrogen-bond donors (Lipinski definition) is 2. The SMILES string of the molecule is COc1ccc(C(C)N=C(NN=Cc2ccc(-c3ncn(-c4ccc(OC(F)(F)F)cc4)n3)cc2)SCC(=O)O)cc1. The van der Waals surface area contributed by atoms with Gasteiger partial charge < -0.3 is 14.6 Å². The monoisotopic (exact) mass is 598 g/mol. The van der Waals surface area contributed by atoms with Crippen molar-refractivity contribution in [3.8, 4) is 28.6 Å². The highest BCUT2D eigenvalue weighted by Crippen LogP contribution is 2.24. The van der Waals surface area contributed by atoms with E-state index < -0.39 is 12.3 Å². The summed E-state index contributed by atoms with van der Waals surface area (Å²) < 4.78 is 47.6. The number of amidine groups is 1. The van der Waals surface area contributed by atoms with E-state index in [0.717, 1.165) is 28.6 Å². The number of aliphatic carboxylic acids is 1. The second-order valence-electron chi connectivity index (χ2n) is 8.61. The zero-order chi connectivity index (χ0) is 30.1. The van der Waals surface area contributed by atoms with Crippen LogP contribution in [-0.2, 0) is 4.79 Å². The highest BCUT2D eigenvalue weighted by molar-refractivity contribution is 8.14. The van der Waals surface area contributed by atoms with E-state index in [0.29, 0.717) is 22.2 Å². The number of ether oxygens (including phenoxy) is 2. The topological polar surface area (TPSA) is 123 Å². The average molecular weight is 599 g/mol. The number of thioether (sulfide) groups is 1. The maximum atomic E-state index is 12.4. The smallest absolute Gasteiger partial charge is 0.497 e. The summed E-state index contributed by atoms with van der Waals surface area (Å²) in [6, 6.07) is 19.6. The Kier molecular flexibility index (Phi) is 9.81. The van der Waals surface area contributed by atoms with Gasteiger partial charge in [0.25, 0.3) is 0 Å². The first-order chi connectivity index (χ1) is 20.1. The molecule has 4 aromatic rings. The molecule has 0 radical (unpaired) electrons. The van der Waals surface area contributed by atoms with E-state index in [1.165, 1.54) is 35.3 Å². The molecule has 0 bridgehead atoms. The van der Waals surface area contributed by atoms with Gasteiger partial charge in [-0.05, 0) is 54.4 Å². The molecule has 14 heteroatoms. The number of methoxy groups -OCH3 is 1. The molecule has 4 rings (SSSR count). The van der Waals surface area contributed by atoms with Gasteiger partial charge in [0.05, 0.1) is 30.8 Å². The van der Waals surface area contributed by atoms with Crippen LogP contribution >= 0.6 is 11.8 Å². The molecule has 0 amide bonds. The molecule has 42 heavy (non-hydrogen) atoms. The summed E-state index contributed by atoms with van der Waals surface area (Å²) >= 11 is 1.02. The second kappa shape index (κ2) is 13.7. The summed E-state index contributed by atoms with van der Waals surface area (Å²) in [6.07, 6.45) is -1.74. The molecule has 10 nitrogen and oxygen atoms in total. The third-order valence-corrected chi connectivity index (χ3v) is 6.47. The molecule has 0 fully saturated rings. The summed E-state index contributed by atoms with van der Waals surface area (Å²) in [5.74, 6) is -0.351. The van der Waals surface area contributed by atoms with Crippen LogP contribution in [0.1, 0.15) is 24.1 Å². The van der Waals surface area contributed by atoms with Crippen molar-refractivity contribution >= 4 is 29.1 Å². The number of rotatable bonds is 10. The van der Waals surface area contributed by atoms with Crippen LogP contribution < -0.4 is 14.9 Å². The molecule has 218 valence electrons. The van der Waals surface area contributed by atoms with Gasteiger partial charge in [-0.1, -0.05) is 48.2 Å². The Morgan fingerprint density at radius 1 is 1.07 bits per heavy atom. The van der Waals surface area contributed by atoms with E-state index in [2.05, 4.69) is 30.3 Å². The van der Waals surface area contributed by atoms with Crippen molar-refractivity contribution < 1.29 is 32.5 Å². The Hall–Kier alpha value is -4.85. The average Bonchev–Trinajstić information content (AvgIpc) is 3.46. The molecule has 0 aliphatic rings. The van der Waals surface area contributed by atoms with Crippen molar-refractivity contribution in [3.63, 3.8) is 0 Å². The molecule has 1 unspecified atom stereocenters. The number of carbonyl (C=O) groups is 1. The van der Waals surface area contributed by atoms with E-state index in [1.54, 1.807) is 37.6 Å². The molecule has 3 aromatic carbocycles. The predicted octanol–water partition coefficient (Wildman–Crippen LogP) is 5.70. The molecule has 2 N–H and O–H groups in total. The van der Waals surface area contributed by atoms with Crippen molar-refractivity contribution in [2.75, 3.05) is 12.9 Å². The number of hydrazone groups is 1. The highest BCUT2D eigenvalue weighted by atomic mass is 32.2. The lowest BCUT2D eigenvalue weighted by molar-refractivity contribution is -0.274. The van der Waals surface area contributed by atoms with Gasteiger partial charge >= 0.3 is 12.3 Å². The zero-order valence-corrected chi connectivity index (χ0v) is 23.1. The lowest BCUT2D eigenvalue weighted by Gasteiger charge is -2.11. The summed E-state index contributed by atoms with van der Waals surface area (Å²) in [6.45, 7) is 1.89. The number of aliphatic imine (C=N–C) groups is 1. The van der Waals surface area contributed by atoms with E-state index in [4.69, 9.17) is 9.84 Å². The van der Waals surface area contributed by atoms with Crippen LogP contribution in [-0.4, -0.2) is 56.4 Å². The Morgan fingerprint density at radius 3 is 2.36 bits per heavy atom. The van der Waals surface area contributed by atoms with Gasteiger partial charge in [-0.25, -0.2) is 9.67 Å². The van der Waals surface area contributed by atoms with Gasteiger partial charge in [0, 0.05) is 5.56 Å². The molecule has 1 atom stereocenters. The number of carboxylic acid groups (broad SMARTS) is 1. The molecule has 0 aliphatic heterocycles. The molecule has 0 aliphatic carbocycles. The minimum atomic E-state index is -4.76. The van der Waals surface area contributed by atoms with Crippen molar-refractivity contribution in [3.05, 3.63) is 90.3 Å². The van der Waals surface area contributed by atoms with Crippen LogP contribution in [0.5, 0.6) is 11.5 Å². The number of carboxylic acids is 1. The second-order valence-corrected chi connectivity index (χ2v) is 9.58. The lowest BCUT2D eigenvalue weighted by Crippen LogP contribution is -2.17. The predicted molar refractivity (Wildman–Crippen MR) is 153 cm³/mol. The zero-order valence-electron chi connectivity index (χ0n) is 22.3. The van der Waals surface area contributed by atoms with Crippen LogP contribution in [0.15, 0.2) is 89.2 Å². The number of aromatic nitrogens is 3. The Labute approximate surface area is 242 Å². The number of benzene rings is 3. The van der Waals surface area contributed by atoms with E-state index >= 15 is 0 Å². The number of nitrogens with one attached hydrogen (secondary N) is 1. The first-order valence-corrected chi connectivity index (χ1v) is 13.3. The molecule has 0 saturated heterocycles. The normalized spacial score (nSPS) is 12.7. The fourth-order valence-electron chi connectivity index (χ4n) is 3.56. The molecule has 0 saturated carbocycles. The third kappa shape index (κ3) is 8.83. The van der Waals surface area contributed by atoms with Gasteiger partial charge in [-0.15, -0.1) is 18.3 Å². The Morgan fingerprint density at radius 2 is 1.74 bits per heavy atom. The number of nitrogens with zero attached hydrogens (tertiary/aromatic N) is 5. The summed E-state index contributed by atoms with van der Waals surface area (Å²) in [5.41, 5.74) is 5.72. The first-order valence-electron chi connectivity index (χ1n) is 12.3. The fourth-order valence-corrected chi connectivity index (χ4v) is 4.17. The summed E-state index contributed by atoms with van der Waals surface area (Å²) in [4.78, 5) is 20.0. The molecule has 1 heterocycles. The van der Waals surface area contributed by atoms with Crippen molar-refractivity contribution in [2.45, 2.75) is 19.3 Å². The van der Waals surface area contributed by atoms with Gasteiger partial charge in [0.15, 0.2) is 11.0 Å². The van der Waals surface area contributed by atoms with Gasteiger partial charge in [0.2, 0.25) is 0 Å². The maximum Gasteiger partial charge on any atom is 0.573 e. The number of alkyl halides is 3. The van der Waals surface area contributed by atoms with Crippen molar-refractivity contribution in [1.82, 2.24) is 20.2 Å².